The van der Waals surface area contributed by atoms with Gasteiger partial charge in [0.15, 0.2) is 0 Å². The first-order valence-corrected chi connectivity index (χ1v) is 8.38. The number of hydrogen-bond donors (Lipinski definition) is 1. The fourth-order valence-electron chi connectivity index (χ4n) is 3.15. The molecule has 3 rings (SSSR count). The molecule has 2 aromatic rings. The van der Waals surface area contributed by atoms with E-state index in [1.54, 1.807) is 0 Å². The molecular formula is C20H21N3O3. The summed E-state index contributed by atoms with van der Waals surface area (Å²) in [5.41, 5.74) is 9.22. The lowest BCUT2D eigenvalue weighted by Gasteiger charge is -2.20. The maximum absolute atomic E-state index is 12.6. The minimum atomic E-state index is -0.708. The third-order valence-electron chi connectivity index (χ3n) is 4.29. The first-order valence-electron chi connectivity index (χ1n) is 8.38. The molecule has 0 spiro atoms. The SMILES string of the molecule is Cc1cc(C)c(OC(=O)C2=NN(c3ccccc3)C(C(N)=O)C2)c(C)c1. The second-order valence-corrected chi connectivity index (χ2v) is 6.47. The molecule has 1 heterocycles. The molecule has 1 atom stereocenters. The van der Waals surface area contributed by atoms with Crippen molar-refractivity contribution >= 4 is 23.3 Å². The van der Waals surface area contributed by atoms with Gasteiger partial charge < -0.3 is 10.5 Å². The van der Waals surface area contributed by atoms with Crippen molar-refractivity contribution in [3.63, 3.8) is 0 Å². The van der Waals surface area contributed by atoms with Crippen LogP contribution in [-0.2, 0) is 9.59 Å². The average Bonchev–Trinajstić information content (AvgIpc) is 3.04. The molecule has 6 nitrogen and oxygen atoms in total. The third-order valence-corrected chi connectivity index (χ3v) is 4.29. The van der Waals surface area contributed by atoms with Gasteiger partial charge in [-0.2, -0.15) is 5.10 Å². The highest BCUT2D eigenvalue weighted by Gasteiger charge is 2.36. The predicted octanol–water partition coefficient (Wildman–Crippen LogP) is 2.64. The molecule has 0 bridgehead atoms. The number of primary amides is 1. The lowest BCUT2D eigenvalue weighted by molar-refractivity contribution is -0.127. The van der Waals surface area contributed by atoms with Gasteiger partial charge in [-0.05, 0) is 44.0 Å². The summed E-state index contributed by atoms with van der Waals surface area (Å²) in [6, 6.07) is 12.3. The molecule has 0 saturated carbocycles. The summed E-state index contributed by atoms with van der Waals surface area (Å²) in [6.07, 6.45) is 0.118. The van der Waals surface area contributed by atoms with E-state index in [0.29, 0.717) is 11.4 Å². The fraction of sp³-hybridized carbons (Fsp3) is 0.250. The number of hydrogen-bond acceptors (Lipinski definition) is 5. The quantitative estimate of drug-likeness (QED) is 0.678. The van der Waals surface area contributed by atoms with Crippen molar-refractivity contribution in [2.75, 3.05) is 5.01 Å². The lowest BCUT2D eigenvalue weighted by Crippen LogP contribution is -2.39. The molecule has 0 saturated heterocycles. The molecule has 2 N–H and O–H groups in total. The molecule has 6 heteroatoms. The van der Waals surface area contributed by atoms with Crippen LogP contribution in [0.15, 0.2) is 47.6 Å². The summed E-state index contributed by atoms with van der Waals surface area (Å²) in [5.74, 6) is -0.579. The van der Waals surface area contributed by atoms with Gasteiger partial charge in [0.2, 0.25) is 5.91 Å². The average molecular weight is 351 g/mol. The van der Waals surface area contributed by atoms with Crippen molar-refractivity contribution in [3.8, 4) is 5.75 Å². The van der Waals surface area contributed by atoms with Crippen LogP contribution in [0, 0.1) is 20.8 Å². The molecule has 0 aliphatic carbocycles. The lowest BCUT2D eigenvalue weighted by atomic mass is 10.1. The minimum Gasteiger partial charge on any atom is -0.421 e. The van der Waals surface area contributed by atoms with Crippen molar-refractivity contribution in [2.24, 2.45) is 10.8 Å². The van der Waals surface area contributed by atoms with Gasteiger partial charge >= 0.3 is 5.97 Å². The topological polar surface area (TPSA) is 85.0 Å². The molecule has 0 fully saturated rings. The summed E-state index contributed by atoms with van der Waals surface area (Å²) in [7, 11) is 0. The van der Waals surface area contributed by atoms with Crippen LogP contribution in [0.4, 0.5) is 5.69 Å². The Morgan fingerprint density at radius 2 is 1.73 bits per heavy atom. The van der Waals surface area contributed by atoms with E-state index in [9.17, 15) is 9.59 Å². The maximum Gasteiger partial charge on any atom is 0.360 e. The summed E-state index contributed by atoms with van der Waals surface area (Å²) in [4.78, 5) is 24.4. The van der Waals surface area contributed by atoms with Gasteiger partial charge in [-0.25, -0.2) is 4.79 Å². The highest BCUT2D eigenvalue weighted by atomic mass is 16.5. The van der Waals surface area contributed by atoms with Crippen LogP contribution in [0.1, 0.15) is 23.1 Å². The molecule has 0 aromatic heterocycles. The second kappa shape index (κ2) is 7.00. The minimum absolute atomic E-state index is 0.118. The molecule has 26 heavy (non-hydrogen) atoms. The number of anilines is 1. The van der Waals surface area contributed by atoms with E-state index in [2.05, 4.69) is 5.10 Å². The number of esters is 1. The van der Waals surface area contributed by atoms with Gasteiger partial charge in [0.05, 0.1) is 5.69 Å². The molecule has 2 aromatic carbocycles. The number of amides is 1. The van der Waals surface area contributed by atoms with Crippen LogP contribution in [0.25, 0.3) is 0 Å². The maximum atomic E-state index is 12.6. The number of ether oxygens (including phenoxy) is 1. The number of carbonyl (C=O) groups excluding carboxylic acids is 2. The number of rotatable bonds is 4. The molecule has 0 radical (unpaired) electrons. The molecular weight excluding hydrogens is 330 g/mol. The highest BCUT2D eigenvalue weighted by molar-refractivity contribution is 6.38. The van der Waals surface area contributed by atoms with Gasteiger partial charge in [-0.3, -0.25) is 9.80 Å². The highest BCUT2D eigenvalue weighted by Crippen LogP contribution is 2.27. The van der Waals surface area contributed by atoms with Gasteiger partial charge in [-0.15, -0.1) is 0 Å². The van der Waals surface area contributed by atoms with Crippen molar-refractivity contribution < 1.29 is 14.3 Å². The predicted molar refractivity (Wildman–Crippen MR) is 100 cm³/mol. The summed E-state index contributed by atoms with van der Waals surface area (Å²) >= 11 is 0. The van der Waals surface area contributed by atoms with Gasteiger partial charge in [0, 0.05) is 6.42 Å². The summed E-state index contributed by atoms with van der Waals surface area (Å²) in [6.45, 7) is 5.77. The van der Waals surface area contributed by atoms with Crippen LogP contribution in [0.3, 0.4) is 0 Å². The number of carbonyl (C=O) groups is 2. The van der Waals surface area contributed by atoms with Gasteiger partial charge in [0.1, 0.15) is 17.5 Å². The van der Waals surface area contributed by atoms with E-state index in [-0.39, 0.29) is 12.1 Å². The van der Waals surface area contributed by atoms with E-state index < -0.39 is 17.9 Å². The zero-order chi connectivity index (χ0) is 18.8. The van der Waals surface area contributed by atoms with Crippen molar-refractivity contribution in [1.29, 1.82) is 0 Å². The molecule has 1 unspecified atom stereocenters. The van der Waals surface area contributed by atoms with Crippen molar-refractivity contribution in [3.05, 3.63) is 59.2 Å². The summed E-state index contributed by atoms with van der Waals surface area (Å²) < 4.78 is 5.58. The Kier molecular flexibility index (Phi) is 4.75. The molecule has 134 valence electrons. The van der Waals surface area contributed by atoms with Gasteiger partial charge in [-0.1, -0.05) is 35.9 Å². The van der Waals surface area contributed by atoms with E-state index in [1.165, 1.54) is 5.01 Å². The first kappa shape index (κ1) is 17.7. The fourth-order valence-corrected chi connectivity index (χ4v) is 3.15. The Bertz CT molecular complexity index is 867. The van der Waals surface area contributed by atoms with Crippen LogP contribution in [-0.4, -0.2) is 23.6 Å². The Balaban J connectivity index is 1.87. The number of aryl methyl sites for hydroxylation is 3. The zero-order valence-electron chi connectivity index (χ0n) is 15.0. The Labute approximate surface area is 152 Å². The van der Waals surface area contributed by atoms with Crippen LogP contribution >= 0.6 is 0 Å². The Morgan fingerprint density at radius 1 is 1.12 bits per heavy atom. The van der Waals surface area contributed by atoms with Crippen molar-refractivity contribution in [2.45, 2.75) is 33.2 Å². The van der Waals surface area contributed by atoms with E-state index in [0.717, 1.165) is 16.7 Å². The van der Waals surface area contributed by atoms with E-state index in [1.807, 2.05) is 63.2 Å². The number of nitrogens with zero attached hydrogens (tertiary/aromatic N) is 2. The largest absolute Gasteiger partial charge is 0.421 e. The van der Waals surface area contributed by atoms with Crippen LogP contribution in [0.5, 0.6) is 5.75 Å². The normalized spacial score (nSPS) is 16.3. The Morgan fingerprint density at radius 3 is 2.31 bits per heavy atom. The first-order chi connectivity index (χ1) is 12.4. The van der Waals surface area contributed by atoms with Crippen LogP contribution in [0.2, 0.25) is 0 Å². The van der Waals surface area contributed by atoms with Crippen molar-refractivity contribution in [1.82, 2.24) is 0 Å². The molecule has 1 aliphatic rings. The number of benzene rings is 2. The van der Waals surface area contributed by atoms with E-state index in [4.69, 9.17) is 10.5 Å². The van der Waals surface area contributed by atoms with Gasteiger partial charge in [0.25, 0.3) is 0 Å². The third kappa shape index (κ3) is 3.44. The molecule has 1 amide bonds. The number of nitrogens with two attached hydrogens (primary N) is 1. The Hall–Kier alpha value is -3.15. The van der Waals surface area contributed by atoms with Crippen LogP contribution < -0.4 is 15.5 Å². The smallest absolute Gasteiger partial charge is 0.360 e. The molecule has 1 aliphatic heterocycles. The number of hydrazone groups is 1. The van der Waals surface area contributed by atoms with E-state index >= 15 is 0 Å². The monoisotopic (exact) mass is 351 g/mol. The summed E-state index contributed by atoms with van der Waals surface area (Å²) in [5, 5.41) is 5.79. The number of para-hydroxylation sites is 1. The zero-order valence-corrected chi connectivity index (χ0v) is 15.0. The standard InChI is InChI=1S/C20H21N3O3/c1-12-9-13(2)18(14(3)10-12)26-20(25)16-11-17(19(21)24)23(22-16)15-7-5-4-6-8-15/h4-10,17H,11H2,1-3H3,(H2,21,24). The second-order valence-electron chi connectivity index (χ2n) is 6.47.